The molecule has 8 heteroatoms. The molecule has 48 heavy (non-hydrogen) atoms. The van der Waals surface area contributed by atoms with E-state index in [0.29, 0.717) is 71.9 Å². The first-order valence-electron chi connectivity index (χ1n) is 16.6. The summed E-state index contributed by atoms with van der Waals surface area (Å²) in [4.78, 5) is 27.7. The molecule has 2 amide bonds. The van der Waals surface area contributed by atoms with Crippen molar-refractivity contribution in [3.8, 4) is 47.7 Å². The van der Waals surface area contributed by atoms with Crippen LogP contribution in [0.2, 0.25) is 0 Å². The SMILES string of the molecule is C#Cc1ccc(OCCCC)c(C(=O)Nc2cc(NC(=O)c3cc(C#C)ccc3OCCCC)c(OCC(C)C)cc2OCC(C)C)c1. The summed E-state index contributed by atoms with van der Waals surface area (Å²) in [5.41, 5.74) is 2.29. The number of nitrogens with one attached hydrogen (secondary N) is 2. The van der Waals surface area contributed by atoms with Gasteiger partial charge in [-0.1, -0.05) is 66.2 Å². The zero-order chi connectivity index (χ0) is 35.1. The van der Waals surface area contributed by atoms with Crippen molar-refractivity contribution in [2.24, 2.45) is 11.8 Å². The maximum atomic E-state index is 13.9. The van der Waals surface area contributed by atoms with Crippen molar-refractivity contribution < 1.29 is 28.5 Å². The number of carbonyl (C=O) groups is 2. The van der Waals surface area contributed by atoms with Crippen LogP contribution in [-0.2, 0) is 0 Å². The molecule has 0 aromatic heterocycles. The second kappa shape index (κ2) is 18.9. The summed E-state index contributed by atoms with van der Waals surface area (Å²) in [6.07, 6.45) is 14.9. The Kier molecular flexibility index (Phi) is 14.7. The van der Waals surface area contributed by atoms with Gasteiger partial charge in [0.05, 0.1) is 48.9 Å². The van der Waals surface area contributed by atoms with Gasteiger partial charge >= 0.3 is 0 Å². The number of benzene rings is 3. The number of ether oxygens (including phenoxy) is 4. The van der Waals surface area contributed by atoms with Crippen molar-refractivity contribution in [1.82, 2.24) is 0 Å². The summed E-state index contributed by atoms with van der Waals surface area (Å²) in [6.45, 7) is 13.9. The van der Waals surface area contributed by atoms with Crippen LogP contribution < -0.4 is 29.6 Å². The monoisotopic (exact) mass is 652 g/mol. The van der Waals surface area contributed by atoms with E-state index in [2.05, 4.69) is 36.3 Å². The molecule has 0 unspecified atom stereocenters. The van der Waals surface area contributed by atoms with Crippen molar-refractivity contribution in [3.05, 3.63) is 70.8 Å². The first kappa shape index (κ1) is 37.4. The number of unbranched alkanes of at least 4 members (excludes halogenated alkanes) is 2. The van der Waals surface area contributed by atoms with Gasteiger partial charge in [0, 0.05) is 17.2 Å². The lowest BCUT2D eigenvalue weighted by Gasteiger charge is -2.21. The largest absolute Gasteiger partial charge is 0.493 e. The van der Waals surface area contributed by atoms with Crippen LogP contribution in [0, 0.1) is 36.5 Å². The number of terminal acetylenes is 2. The maximum Gasteiger partial charge on any atom is 0.259 e. The third kappa shape index (κ3) is 11.0. The fraction of sp³-hybridized carbons (Fsp3) is 0.400. The molecule has 3 aromatic rings. The standard InChI is InChI=1S/C40H48N2O6/c1-9-13-19-45-35-17-15-29(11-3)21-31(35)39(43)41-33-23-34(38(48-26-28(7)8)24-37(33)47-25-27(5)6)42-40(44)32-22-30(12-4)16-18-36(32)46-20-14-10-2/h3-4,15-18,21-24,27-28H,9-10,13-14,19-20,25-26H2,1-2,5-8H3,(H,41,43)(H,42,44). The van der Waals surface area contributed by atoms with Gasteiger partial charge in [0.1, 0.15) is 23.0 Å². The van der Waals surface area contributed by atoms with Crippen LogP contribution in [0.4, 0.5) is 11.4 Å². The van der Waals surface area contributed by atoms with Crippen LogP contribution in [0.1, 0.15) is 99.1 Å². The molecule has 8 nitrogen and oxygen atoms in total. The summed E-state index contributed by atoms with van der Waals surface area (Å²) in [6, 6.07) is 13.4. The zero-order valence-electron chi connectivity index (χ0n) is 29.0. The number of hydrogen-bond acceptors (Lipinski definition) is 6. The topological polar surface area (TPSA) is 95.1 Å². The number of anilines is 2. The van der Waals surface area contributed by atoms with Gasteiger partial charge in [-0.15, -0.1) is 12.8 Å². The minimum absolute atomic E-state index is 0.202. The summed E-state index contributed by atoms with van der Waals surface area (Å²) in [5, 5.41) is 5.94. The molecular formula is C40H48N2O6. The Morgan fingerprint density at radius 2 is 1.04 bits per heavy atom. The highest BCUT2D eigenvalue weighted by Crippen LogP contribution is 2.39. The van der Waals surface area contributed by atoms with E-state index in [0.717, 1.165) is 25.7 Å². The first-order chi connectivity index (χ1) is 23.1. The second-order valence-electron chi connectivity index (χ2n) is 12.3. The van der Waals surface area contributed by atoms with E-state index in [-0.39, 0.29) is 23.0 Å². The minimum Gasteiger partial charge on any atom is -0.493 e. The fourth-order valence-electron chi connectivity index (χ4n) is 4.39. The lowest BCUT2D eigenvalue weighted by molar-refractivity contribution is 0.101. The molecule has 0 saturated carbocycles. The van der Waals surface area contributed by atoms with Crippen LogP contribution >= 0.6 is 0 Å². The third-order valence-electron chi connectivity index (χ3n) is 7.02. The van der Waals surface area contributed by atoms with Crippen LogP contribution in [0.5, 0.6) is 23.0 Å². The Hall–Kier alpha value is -5.08. The number of amides is 2. The van der Waals surface area contributed by atoms with Crippen molar-refractivity contribution in [2.45, 2.75) is 67.2 Å². The van der Waals surface area contributed by atoms with E-state index < -0.39 is 11.8 Å². The van der Waals surface area contributed by atoms with Crippen LogP contribution in [0.25, 0.3) is 0 Å². The Morgan fingerprint density at radius 1 is 0.625 bits per heavy atom. The van der Waals surface area contributed by atoms with Crippen molar-refractivity contribution in [2.75, 3.05) is 37.1 Å². The molecule has 0 radical (unpaired) electrons. The second-order valence-corrected chi connectivity index (χ2v) is 12.3. The van der Waals surface area contributed by atoms with Gasteiger partial charge in [-0.3, -0.25) is 9.59 Å². The Bertz CT molecular complexity index is 1510. The Morgan fingerprint density at radius 3 is 1.40 bits per heavy atom. The maximum absolute atomic E-state index is 13.9. The molecule has 3 rings (SSSR count). The number of carbonyl (C=O) groups excluding carboxylic acids is 2. The van der Waals surface area contributed by atoms with Gasteiger partial charge in [-0.25, -0.2) is 0 Å². The molecule has 0 aliphatic rings. The summed E-state index contributed by atoms with van der Waals surface area (Å²) in [7, 11) is 0. The predicted octanol–water partition coefficient (Wildman–Crippen LogP) is 8.58. The number of hydrogen-bond donors (Lipinski definition) is 2. The summed E-state index contributed by atoms with van der Waals surface area (Å²) in [5.74, 6) is 6.27. The van der Waals surface area contributed by atoms with Crippen molar-refractivity contribution >= 4 is 23.2 Å². The number of rotatable bonds is 18. The predicted molar refractivity (Wildman–Crippen MR) is 193 cm³/mol. The molecule has 2 N–H and O–H groups in total. The molecule has 0 fully saturated rings. The molecule has 0 aliphatic carbocycles. The van der Waals surface area contributed by atoms with Gasteiger partial charge < -0.3 is 29.6 Å². The van der Waals surface area contributed by atoms with E-state index in [1.165, 1.54) is 0 Å². The van der Waals surface area contributed by atoms with E-state index >= 15 is 0 Å². The highest BCUT2D eigenvalue weighted by Gasteiger charge is 2.22. The van der Waals surface area contributed by atoms with E-state index in [1.807, 2.05) is 27.7 Å². The molecule has 0 bridgehead atoms. The molecular weight excluding hydrogens is 604 g/mol. The summed E-state index contributed by atoms with van der Waals surface area (Å²) >= 11 is 0. The van der Waals surface area contributed by atoms with Gasteiger partial charge in [0.15, 0.2) is 0 Å². The molecule has 0 heterocycles. The average molecular weight is 653 g/mol. The van der Waals surface area contributed by atoms with Gasteiger partial charge in [0.2, 0.25) is 0 Å². The minimum atomic E-state index is -0.450. The fourth-order valence-corrected chi connectivity index (χ4v) is 4.39. The molecule has 254 valence electrons. The molecule has 0 spiro atoms. The highest BCUT2D eigenvalue weighted by molar-refractivity contribution is 6.09. The zero-order valence-corrected chi connectivity index (χ0v) is 29.0. The van der Waals surface area contributed by atoms with Gasteiger partial charge in [-0.2, -0.15) is 0 Å². The van der Waals surface area contributed by atoms with Crippen LogP contribution in [0.15, 0.2) is 48.5 Å². The Labute approximate surface area is 285 Å². The van der Waals surface area contributed by atoms with Gasteiger partial charge in [0.25, 0.3) is 11.8 Å². The lowest BCUT2D eigenvalue weighted by atomic mass is 10.1. The molecule has 3 aromatic carbocycles. The smallest absolute Gasteiger partial charge is 0.259 e. The quantitative estimate of drug-likeness (QED) is 0.106. The lowest BCUT2D eigenvalue weighted by Crippen LogP contribution is -2.18. The third-order valence-corrected chi connectivity index (χ3v) is 7.02. The van der Waals surface area contributed by atoms with Crippen molar-refractivity contribution in [1.29, 1.82) is 0 Å². The normalized spacial score (nSPS) is 10.6. The van der Waals surface area contributed by atoms with Gasteiger partial charge in [-0.05, 0) is 67.1 Å². The van der Waals surface area contributed by atoms with E-state index in [9.17, 15) is 9.59 Å². The Balaban J connectivity index is 2.09. The molecule has 0 aliphatic heterocycles. The van der Waals surface area contributed by atoms with E-state index in [4.69, 9.17) is 31.8 Å². The highest BCUT2D eigenvalue weighted by atomic mass is 16.5. The van der Waals surface area contributed by atoms with Crippen LogP contribution in [-0.4, -0.2) is 38.2 Å². The van der Waals surface area contributed by atoms with E-state index in [1.54, 1.807) is 48.5 Å². The average Bonchev–Trinajstić information content (AvgIpc) is 3.07. The summed E-state index contributed by atoms with van der Waals surface area (Å²) < 4.78 is 24.2. The first-order valence-corrected chi connectivity index (χ1v) is 16.6. The molecule has 0 saturated heterocycles. The molecule has 0 atom stereocenters. The van der Waals surface area contributed by atoms with Crippen molar-refractivity contribution in [3.63, 3.8) is 0 Å². The van der Waals surface area contributed by atoms with Crippen LogP contribution in [0.3, 0.4) is 0 Å².